The lowest BCUT2D eigenvalue weighted by molar-refractivity contribution is -0.114. The summed E-state index contributed by atoms with van der Waals surface area (Å²) in [5, 5.41) is 4.70. The van der Waals surface area contributed by atoms with Crippen LogP contribution in [0.1, 0.15) is 344 Å². The van der Waals surface area contributed by atoms with Crippen molar-refractivity contribution >= 4 is 78.8 Å². The van der Waals surface area contributed by atoms with E-state index in [1.807, 2.05) is 0 Å². The summed E-state index contributed by atoms with van der Waals surface area (Å²) in [6.45, 7) is 20.8. The number of amides is 2. The van der Waals surface area contributed by atoms with E-state index in [0.29, 0.717) is 17.8 Å². The Labute approximate surface area is 588 Å². The molecule has 0 saturated carbocycles. The van der Waals surface area contributed by atoms with Gasteiger partial charge in [-0.05, 0) is 123 Å². The van der Waals surface area contributed by atoms with E-state index in [0.717, 1.165) is 88.0 Å². The van der Waals surface area contributed by atoms with Gasteiger partial charge in [-0.2, -0.15) is 0 Å². The lowest BCUT2D eigenvalue weighted by Crippen LogP contribution is -2.35. The lowest BCUT2D eigenvalue weighted by atomic mass is 9.93. The van der Waals surface area contributed by atoms with Gasteiger partial charge in [0.15, 0.2) is 0 Å². The summed E-state index contributed by atoms with van der Waals surface area (Å²) in [5.41, 5.74) is 8.84. The van der Waals surface area contributed by atoms with E-state index in [1.54, 1.807) is 22.7 Å². The van der Waals surface area contributed by atoms with Crippen molar-refractivity contribution in [1.29, 1.82) is 0 Å². The van der Waals surface area contributed by atoms with Crippen LogP contribution in [0, 0.1) is 31.6 Å². The van der Waals surface area contributed by atoms with Gasteiger partial charge in [-0.1, -0.05) is 316 Å². The molecular weight excluding hydrogens is 1200 g/mol. The number of fused-ring (bicyclic) bond motifs is 5. The fourth-order valence-electron chi connectivity index (χ4n) is 16.1. The van der Waals surface area contributed by atoms with Gasteiger partial charge in [0, 0.05) is 71.4 Å². The Morgan fingerprint density at radius 3 is 1.09 bits per heavy atom. The Bertz CT molecular complexity index is 3340. The fraction of sp³-hybridized carbons (Fsp3) is 0.659. The molecule has 3 aromatic heterocycles. The molecule has 0 N–H and O–H groups in total. The summed E-state index contributed by atoms with van der Waals surface area (Å²) in [6.07, 6.45) is 57.2. The molecular formula is C88H133N3O2S2. The zero-order valence-electron chi connectivity index (χ0n) is 61.9. The molecule has 0 fully saturated rings. The number of aryl methyl sites for hydroxylation is 2. The number of carbonyl (C=O) groups excluding carboxylic acids is 2. The van der Waals surface area contributed by atoms with E-state index >= 15 is 9.59 Å². The summed E-state index contributed by atoms with van der Waals surface area (Å²) in [5.74, 6) is 1.75. The van der Waals surface area contributed by atoms with Gasteiger partial charge in [0.05, 0.1) is 22.5 Å². The minimum atomic E-state index is 0.143. The average molecular weight is 1330 g/mol. The molecule has 3 unspecified atom stereocenters. The highest BCUT2D eigenvalue weighted by Gasteiger charge is 2.38. The largest absolute Gasteiger partial charge is 0.340 e. The van der Waals surface area contributed by atoms with Gasteiger partial charge in [-0.3, -0.25) is 9.59 Å². The first-order valence-corrected chi connectivity index (χ1v) is 42.0. The van der Waals surface area contributed by atoms with Gasteiger partial charge in [0.1, 0.15) is 0 Å². The second kappa shape index (κ2) is 42.5. The van der Waals surface area contributed by atoms with Crippen molar-refractivity contribution in [2.75, 3.05) is 22.9 Å². The van der Waals surface area contributed by atoms with E-state index in [2.05, 4.69) is 143 Å². The van der Waals surface area contributed by atoms with Crippen molar-refractivity contribution in [3.05, 3.63) is 103 Å². The Balaban J connectivity index is 1.17. The third-order valence-electron chi connectivity index (χ3n) is 22.0. The summed E-state index contributed by atoms with van der Waals surface area (Å²) in [4.78, 5) is 40.9. The second-order valence-corrected chi connectivity index (χ2v) is 32.4. The van der Waals surface area contributed by atoms with Gasteiger partial charge >= 0.3 is 0 Å². The number of unbranched alkanes of at least 4 members (excludes halogenated alkanes) is 33. The summed E-state index contributed by atoms with van der Waals surface area (Å²) in [7, 11) is 0. The Hall–Kier alpha value is -4.46. The first kappa shape index (κ1) is 76.3. The van der Waals surface area contributed by atoms with E-state index < -0.39 is 0 Å². The normalized spacial score (nSPS) is 14.2. The highest BCUT2D eigenvalue weighted by atomic mass is 32.1. The quantitative estimate of drug-likeness (QED) is 0.0357. The molecule has 95 heavy (non-hydrogen) atoms. The highest BCUT2D eigenvalue weighted by molar-refractivity contribution is 7.17. The first-order valence-electron chi connectivity index (χ1n) is 40.4. The van der Waals surface area contributed by atoms with Crippen LogP contribution in [0.25, 0.3) is 43.4 Å². The molecule has 524 valence electrons. The number of thiophene rings is 2. The van der Waals surface area contributed by atoms with Crippen molar-refractivity contribution in [3.63, 3.8) is 0 Å². The van der Waals surface area contributed by atoms with Crippen molar-refractivity contribution in [2.45, 2.75) is 344 Å². The van der Waals surface area contributed by atoms with Crippen LogP contribution in [-0.2, 0) is 16.1 Å². The molecule has 7 heteroatoms. The summed E-state index contributed by atoms with van der Waals surface area (Å²) >= 11 is 3.53. The van der Waals surface area contributed by atoms with E-state index in [-0.39, 0.29) is 11.8 Å². The summed E-state index contributed by atoms with van der Waals surface area (Å²) in [6, 6.07) is 27.8. The molecule has 5 nitrogen and oxygen atoms in total. The summed E-state index contributed by atoms with van der Waals surface area (Å²) < 4.78 is 2.64. The number of benzene rings is 3. The van der Waals surface area contributed by atoms with E-state index in [1.165, 1.54) is 300 Å². The Kier molecular flexibility index (Phi) is 34.1. The van der Waals surface area contributed by atoms with Gasteiger partial charge in [0.2, 0.25) is 0 Å². The predicted octanol–water partition coefficient (Wildman–Crippen LogP) is 26.4. The third kappa shape index (κ3) is 22.8. The number of carbonyl (C=O) groups is 2. The minimum Gasteiger partial charge on any atom is -0.340 e. The maximum atomic E-state index is 16.2. The molecule has 3 aromatic carbocycles. The average Bonchev–Trinajstić information content (AvgIpc) is 1.58. The van der Waals surface area contributed by atoms with Crippen LogP contribution in [-0.4, -0.2) is 29.5 Å². The van der Waals surface area contributed by atoms with Crippen molar-refractivity contribution in [2.24, 2.45) is 17.8 Å². The molecule has 6 aromatic rings. The lowest BCUT2D eigenvalue weighted by Gasteiger charge is -2.27. The molecule has 0 aliphatic carbocycles. The van der Waals surface area contributed by atoms with Crippen molar-refractivity contribution < 1.29 is 9.59 Å². The van der Waals surface area contributed by atoms with Crippen LogP contribution in [0.4, 0.5) is 11.4 Å². The van der Waals surface area contributed by atoms with Crippen LogP contribution in [0.15, 0.2) is 72.8 Å². The van der Waals surface area contributed by atoms with Gasteiger partial charge < -0.3 is 14.4 Å². The number of hydrogen-bond donors (Lipinski definition) is 0. The maximum absolute atomic E-state index is 16.2. The molecule has 5 heterocycles. The number of anilines is 2. The molecule has 8 rings (SSSR count). The molecule has 2 aliphatic rings. The van der Waals surface area contributed by atoms with E-state index in [4.69, 9.17) is 0 Å². The van der Waals surface area contributed by atoms with Crippen LogP contribution in [0.2, 0.25) is 0 Å². The second-order valence-electron chi connectivity index (χ2n) is 30.0. The Morgan fingerprint density at radius 1 is 0.337 bits per heavy atom. The topological polar surface area (TPSA) is 45.6 Å². The fourth-order valence-corrected chi connectivity index (χ4v) is 18.0. The van der Waals surface area contributed by atoms with Gasteiger partial charge in [-0.15, -0.1) is 22.7 Å². The van der Waals surface area contributed by atoms with Crippen LogP contribution < -0.4 is 20.2 Å². The number of nitrogens with zero attached hydrogens (tertiary/aromatic N) is 3. The van der Waals surface area contributed by atoms with Crippen LogP contribution in [0.3, 0.4) is 0 Å². The van der Waals surface area contributed by atoms with Gasteiger partial charge in [0.25, 0.3) is 11.8 Å². The number of rotatable bonds is 53. The predicted molar refractivity (Wildman–Crippen MR) is 420 cm³/mol. The molecule has 2 aliphatic heterocycles. The minimum absolute atomic E-state index is 0.143. The Morgan fingerprint density at radius 2 is 0.695 bits per heavy atom. The number of hydrogen-bond acceptors (Lipinski definition) is 4. The number of aromatic nitrogens is 1. The van der Waals surface area contributed by atoms with Crippen molar-refractivity contribution in [1.82, 2.24) is 4.57 Å². The third-order valence-corrected chi connectivity index (χ3v) is 24.2. The molecule has 2 amide bonds. The standard InChI is InChI=1S/C88H133N3O2S2/c1-9-15-20-24-28-32-34-38-42-46-51-71(49-44-40-36-30-26-22-17-11-3)66-90-80-64-77-81(63-76(80)85(87(90)92)83-58-54-69(8)94-83)91(67-72(50-45-41-37-31-27-23-18-12-4)52-47-43-39-35-33-29-25-21-16-10-2)88(93)86(77)84-60-59-82(95-84)73-55-57-75-74-56-53-68(7)61-78(74)89(79(75)62-73)65-70(14-6)48-19-13-5/h53-64,70-72H,9-52,65-67H2,1-8H3. The maximum Gasteiger partial charge on any atom is 0.260 e. The first-order chi connectivity index (χ1) is 46.6. The zero-order valence-corrected chi connectivity index (χ0v) is 63.5. The SMILES string of the molecule is CCCCCCCCCCCCC(CCCCCCCCCC)CN1C(=O)C(c2ccc(C)s2)=c2cc3c(cc21)=C(c1ccc(-c2ccc4c5ccc(C)cc5n(CC(CC)CCCC)c4c2)s1)C(=O)N3CC(CCCCCCCCCC)CCCCCCCCCCCC. The smallest absolute Gasteiger partial charge is 0.260 e. The van der Waals surface area contributed by atoms with E-state index in [9.17, 15) is 0 Å². The van der Waals surface area contributed by atoms with Crippen LogP contribution in [0.5, 0.6) is 0 Å². The monoisotopic (exact) mass is 1330 g/mol. The molecule has 3 atom stereocenters. The van der Waals surface area contributed by atoms with Crippen molar-refractivity contribution in [3.8, 4) is 10.4 Å². The molecule has 0 bridgehead atoms. The van der Waals surface area contributed by atoms with Crippen LogP contribution >= 0.6 is 22.7 Å². The highest BCUT2D eigenvalue weighted by Crippen LogP contribution is 2.41. The molecule has 0 radical (unpaired) electrons. The zero-order chi connectivity index (χ0) is 67.0. The molecule has 0 spiro atoms. The molecule has 0 saturated heterocycles. The van der Waals surface area contributed by atoms with Gasteiger partial charge in [-0.25, -0.2) is 0 Å².